The smallest absolute Gasteiger partial charge is 0.128 e. The molecule has 0 aliphatic heterocycles. The summed E-state index contributed by atoms with van der Waals surface area (Å²) in [5.41, 5.74) is 3.71. The first-order chi connectivity index (χ1) is 10.1. The highest BCUT2D eigenvalue weighted by atomic mass is 16.6. The third kappa shape index (κ3) is 3.76. The summed E-state index contributed by atoms with van der Waals surface area (Å²) in [6.07, 6.45) is 1.17. The molecule has 21 heavy (non-hydrogen) atoms. The van der Waals surface area contributed by atoms with Gasteiger partial charge in [-0.2, -0.15) is 0 Å². The van der Waals surface area contributed by atoms with Crippen molar-refractivity contribution in [2.45, 2.75) is 45.4 Å². The first-order valence-electron chi connectivity index (χ1n) is 7.59. The largest absolute Gasteiger partial charge is 0.487 e. The number of hydrogen-bond donors (Lipinski definition) is 1. The Balaban J connectivity index is 2.01. The van der Waals surface area contributed by atoms with E-state index >= 15 is 0 Å². The number of methoxy groups -OCH3 is 1. The maximum atomic E-state index is 6.21. The zero-order chi connectivity index (χ0) is 15.4. The lowest BCUT2D eigenvalue weighted by atomic mass is 9.85. The monoisotopic (exact) mass is 293 g/mol. The van der Waals surface area contributed by atoms with Gasteiger partial charge in [0.25, 0.3) is 0 Å². The van der Waals surface area contributed by atoms with Gasteiger partial charge in [-0.25, -0.2) is 0 Å². The molecule has 0 aromatic heterocycles. The molecule has 0 amide bonds. The van der Waals surface area contributed by atoms with Crippen molar-refractivity contribution in [3.05, 3.63) is 28.8 Å². The van der Waals surface area contributed by atoms with Crippen LogP contribution in [0, 0.1) is 20.8 Å². The Hall–Kier alpha value is -1.10. The van der Waals surface area contributed by atoms with Gasteiger partial charge in [0.1, 0.15) is 18.0 Å². The van der Waals surface area contributed by atoms with Gasteiger partial charge in [0.2, 0.25) is 0 Å². The van der Waals surface area contributed by atoms with Crippen molar-refractivity contribution < 1.29 is 14.2 Å². The minimum atomic E-state index is 0.0883. The topological polar surface area (TPSA) is 39.7 Å². The molecule has 0 heterocycles. The van der Waals surface area contributed by atoms with E-state index in [1.807, 2.05) is 7.05 Å². The number of hydrogen-bond acceptors (Lipinski definition) is 4. The number of rotatable bonds is 7. The molecule has 1 aliphatic rings. The summed E-state index contributed by atoms with van der Waals surface area (Å²) in [7, 11) is 3.65. The van der Waals surface area contributed by atoms with Crippen LogP contribution in [-0.4, -0.2) is 45.6 Å². The van der Waals surface area contributed by atoms with Gasteiger partial charge < -0.3 is 19.5 Å². The first-order valence-corrected chi connectivity index (χ1v) is 7.59. The highest BCUT2D eigenvalue weighted by molar-refractivity contribution is 5.42. The molecule has 1 aromatic carbocycles. The average molecular weight is 293 g/mol. The predicted octanol–water partition coefficient (Wildman–Crippen LogP) is 2.38. The van der Waals surface area contributed by atoms with Crippen LogP contribution in [0.4, 0.5) is 0 Å². The molecule has 0 spiro atoms. The summed E-state index contributed by atoms with van der Waals surface area (Å²) >= 11 is 0. The number of benzene rings is 1. The molecule has 1 fully saturated rings. The first kappa shape index (κ1) is 16.3. The molecular formula is C17H27NO3. The lowest BCUT2D eigenvalue weighted by Gasteiger charge is -2.44. The number of aryl methyl sites for hydroxylation is 2. The van der Waals surface area contributed by atoms with Crippen molar-refractivity contribution in [3.8, 4) is 5.75 Å². The minimum Gasteiger partial charge on any atom is -0.487 e. The van der Waals surface area contributed by atoms with Crippen LogP contribution in [0.25, 0.3) is 0 Å². The molecule has 2 rings (SSSR count). The Labute approximate surface area is 127 Å². The molecular weight excluding hydrogens is 266 g/mol. The molecule has 0 radical (unpaired) electrons. The van der Waals surface area contributed by atoms with Gasteiger partial charge in [-0.15, -0.1) is 0 Å². The zero-order valence-electron chi connectivity index (χ0n) is 13.7. The summed E-state index contributed by atoms with van der Waals surface area (Å²) in [5, 5.41) is 3.29. The molecule has 0 bridgehead atoms. The summed E-state index contributed by atoms with van der Waals surface area (Å²) < 4.78 is 17.2. The van der Waals surface area contributed by atoms with Gasteiger partial charge >= 0.3 is 0 Å². The molecule has 1 N–H and O–H groups in total. The van der Waals surface area contributed by atoms with Crippen LogP contribution in [0.5, 0.6) is 5.75 Å². The summed E-state index contributed by atoms with van der Waals surface area (Å²) in [6, 6.07) is 4.66. The van der Waals surface area contributed by atoms with Crippen molar-refractivity contribution in [1.82, 2.24) is 5.32 Å². The van der Waals surface area contributed by atoms with Gasteiger partial charge in [0.05, 0.1) is 13.2 Å². The predicted molar refractivity (Wildman–Crippen MR) is 84.1 cm³/mol. The van der Waals surface area contributed by atoms with Crippen LogP contribution in [0.15, 0.2) is 12.1 Å². The maximum absolute atomic E-state index is 6.21. The van der Waals surface area contributed by atoms with Crippen LogP contribution < -0.4 is 10.1 Å². The Morgan fingerprint density at radius 2 is 1.95 bits per heavy atom. The molecule has 1 aliphatic carbocycles. The van der Waals surface area contributed by atoms with Gasteiger partial charge in [0.15, 0.2) is 0 Å². The molecule has 3 atom stereocenters. The Morgan fingerprint density at radius 1 is 1.19 bits per heavy atom. The van der Waals surface area contributed by atoms with E-state index < -0.39 is 0 Å². The van der Waals surface area contributed by atoms with E-state index in [2.05, 4.69) is 38.2 Å². The Kier molecular flexibility index (Phi) is 5.62. The normalized spacial score (nSPS) is 24.7. The average Bonchev–Trinajstić information content (AvgIpc) is 2.44. The molecule has 4 nitrogen and oxygen atoms in total. The molecule has 4 heteroatoms. The van der Waals surface area contributed by atoms with Crippen molar-refractivity contribution in [3.63, 3.8) is 0 Å². The van der Waals surface area contributed by atoms with Gasteiger partial charge in [-0.3, -0.25) is 0 Å². The van der Waals surface area contributed by atoms with Crippen molar-refractivity contribution in [1.29, 1.82) is 0 Å². The van der Waals surface area contributed by atoms with Gasteiger partial charge in [-0.05, 0) is 50.6 Å². The van der Waals surface area contributed by atoms with E-state index in [0.717, 1.165) is 12.2 Å². The highest BCUT2D eigenvalue weighted by Crippen LogP contribution is 2.32. The van der Waals surface area contributed by atoms with E-state index in [0.29, 0.717) is 19.3 Å². The third-order valence-corrected chi connectivity index (χ3v) is 4.26. The van der Waals surface area contributed by atoms with E-state index in [9.17, 15) is 0 Å². The third-order valence-electron chi connectivity index (χ3n) is 4.26. The quantitative estimate of drug-likeness (QED) is 0.784. The van der Waals surface area contributed by atoms with Crippen molar-refractivity contribution >= 4 is 0 Å². The molecule has 3 unspecified atom stereocenters. The maximum Gasteiger partial charge on any atom is 0.128 e. The lowest BCUT2D eigenvalue weighted by molar-refractivity contribution is -0.114. The fourth-order valence-corrected chi connectivity index (χ4v) is 2.76. The van der Waals surface area contributed by atoms with Crippen LogP contribution in [0.2, 0.25) is 0 Å². The van der Waals surface area contributed by atoms with E-state index in [1.165, 1.54) is 16.7 Å². The number of ether oxygens (including phenoxy) is 3. The highest BCUT2D eigenvalue weighted by Gasteiger charge is 2.43. The van der Waals surface area contributed by atoms with Crippen LogP contribution in [0.1, 0.15) is 23.1 Å². The summed E-state index contributed by atoms with van der Waals surface area (Å²) in [6.45, 7) is 7.55. The summed E-state index contributed by atoms with van der Waals surface area (Å²) in [5.74, 6) is 0.979. The minimum absolute atomic E-state index is 0.0883. The van der Waals surface area contributed by atoms with E-state index in [1.54, 1.807) is 7.11 Å². The molecule has 1 saturated carbocycles. The standard InChI is InChI=1S/C17H27NO3/c1-11-8-12(2)13(3)15(9-11)21-16-10-14(18-4)17(16)20-7-6-19-5/h8-9,14,16-18H,6-7,10H2,1-5H3. The Bertz CT molecular complexity index is 475. The van der Waals surface area contributed by atoms with Crippen LogP contribution in [-0.2, 0) is 9.47 Å². The van der Waals surface area contributed by atoms with Crippen LogP contribution in [0.3, 0.4) is 0 Å². The second-order valence-corrected chi connectivity index (χ2v) is 5.82. The SMILES string of the molecule is CNC1CC(Oc2cc(C)cc(C)c2C)C1OCCOC. The van der Waals surface area contributed by atoms with E-state index in [4.69, 9.17) is 14.2 Å². The summed E-state index contributed by atoms with van der Waals surface area (Å²) in [4.78, 5) is 0. The van der Waals surface area contributed by atoms with E-state index in [-0.39, 0.29) is 12.2 Å². The second kappa shape index (κ2) is 7.25. The van der Waals surface area contributed by atoms with Gasteiger partial charge in [-0.1, -0.05) is 6.07 Å². The fraction of sp³-hybridized carbons (Fsp3) is 0.647. The van der Waals surface area contributed by atoms with Crippen molar-refractivity contribution in [2.24, 2.45) is 0 Å². The second-order valence-electron chi connectivity index (χ2n) is 5.82. The number of likely N-dealkylation sites (N-methyl/N-ethyl adjacent to an activating group) is 1. The molecule has 1 aromatic rings. The Morgan fingerprint density at radius 3 is 2.62 bits per heavy atom. The van der Waals surface area contributed by atoms with Crippen molar-refractivity contribution in [2.75, 3.05) is 27.4 Å². The van der Waals surface area contributed by atoms with Crippen LogP contribution >= 0.6 is 0 Å². The molecule has 0 saturated heterocycles. The fourth-order valence-electron chi connectivity index (χ4n) is 2.76. The lowest BCUT2D eigenvalue weighted by Crippen LogP contribution is -2.60. The molecule has 118 valence electrons. The van der Waals surface area contributed by atoms with Gasteiger partial charge in [0, 0.05) is 19.6 Å². The number of nitrogens with one attached hydrogen (secondary N) is 1. The zero-order valence-corrected chi connectivity index (χ0v) is 13.7.